The maximum Gasteiger partial charge on any atom is 0.239 e. The molecule has 5 nitrogen and oxygen atoms in total. The normalized spacial score (nSPS) is 21.3. The Balaban J connectivity index is 2.49. The van der Waals surface area contributed by atoms with E-state index in [1.807, 2.05) is 13.2 Å². The molecule has 1 rings (SSSR count). The predicted octanol–water partition coefficient (Wildman–Crippen LogP) is 1.61. The zero-order valence-corrected chi connectivity index (χ0v) is 15.0. The molecule has 1 aliphatic heterocycles. The van der Waals surface area contributed by atoms with Crippen molar-refractivity contribution in [2.24, 2.45) is 11.7 Å². The molecule has 0 aromatic heterocycles. The number of hydrogen-bond acceptors (Lipinski definition) is 4. The predicted molar refractivity (Wildman–Crippen MR) is 92.8 cm³/mol. The molecule has 3 atom stereocenters. The summed E-state index contributed by atoms with van der Waals surface area (Å²) in [4.78, 5) is 26.4. The second-order valence-electron chi connectivity index (χ2n) is 6.21. The second kappa shape index (κ2) is 10.1. The van der Waals surface area contributed by atoms with Crippen LogP contribution in [-0.4, -0.2) is 53.9 Å². The van der Waals surface area contributed by atoms with E-state index in [4.69, 9.17) is 5.73 Å². The van der Waals surface area contributed by atoms with Crippen molar-refractivity contribution in [1.82, 2.24) is 10.2 Å². The number of likely N-dealkylation sites (tertiary alicyclic amines) is 1. The monoisotopic (exact) mass is 329 g/mol. The highest BCUT2D eigenvalue weighted by atomic mass is 32.2. The quantitative estimate of drug-likeness (QED) is 0.709. The summed E-state index contributed by atoms with van der Waals surface area (Å²) in [5.74, 6) is 0.869. The van der Waals surface area contributed by atoms with E-state index in [-0.39, 0.29) is 23.8 Å². The second-order valence-corrected chi connectivity index (χ2v) is 7.20. The number of rotatable bonds is 8. The van der Waals surface area contributed by atoms with Gasteiger partial charge in [-0.15, -0.1) is 0 Å². The Kier molecular flexibility index (Phi) is 8.86. The number of nitrogens with zero attached hydrogens (tertiary/aromatic N) is 1. The summed E-state index contributed by atoms with van der Waals surface area (Å²) in [6.45, 7) is 5.38. The lowest BCUT2D eigenvalue weighted by Crippen LogP contribution is -2.51. The molecule has 0 bridgehead atoms. The lowest BCUT2D eigenvalue weighted by atomic mass is 9.96. The van der Waals surface area contributed by atoms with Crippen LogP contribution in [0.5, 0.6) is 0 Å². The summed E-state index contributed by atoms with van der Waals surface area (Å²) in [6, 6.07) is -0.235. The molecule has 0 radical (unpaired) electrons. The number of thioether (sulfide) groups is 1. The van der Waals surface area contributed by atoms with Gasteiger partial charge in [-0.2, -0.15) is 11.8 Å². The van der Waals surface area contributed by atoms with Crippen molar-refractivity contribution in [3.63, 3.8) is 0 Å². The Bertz CT molecular complexity index is 365. The minimum absolute atomic E-state index is 0.00634. The van der Waals surface area contributed by atoms with Gasteiger partial charge >= 0.3 is 0 Å². The molecule has 1 heterocycles. The maximum absolute atomic E-state index is 12.4. The molecular formula is C16H31N3O2S. The minimum atomic E-state index is -0.437. The molecule has 1 aliphatic rings. The molecule has 2 unspecified atom stereocenters. The zero-order valence-electron chi connectivity index (χ0n) is 14.1. The Morgan fingerprint density at radius 3 is 2.77 bits per heavy atom. The summed E-state index contributed by atoms with van der Waals surface area (Å²) in [6.07, 6.45) is 6.48. The topological polar surface area (TPSA) is 75.4 Å². The molecule has 128 valence electrons. The Morgan fingerprint density at radius 1 is 1.41 bits per heavy atom. The largest absolute Gasteiger partial charge is 0.353 e. The number of carbonyl (C=O) groups excluding carboxylic acids is 2. The first-order chi connectivity index (χ1) is 10.5. The lowest BCUT2D eigenvalue weighted by molar-refractivity contribution is -0.137. The van der Waals surface area contributed by atoms with Gasteiger partial charge in [0.2, 0.25) is 11.8 Å². The fourth-order valence-electron chi connectivity index (χ4n) is 2.86. The maximum atomic E-state index is 12.4. The molecule has 6 heteroatoms. The first-order valence-corrected chi connectivity index (χ1v) is 9.72. The van der Waals surface area contributed by atoms with E-state index in [0.29, 0.717) is 13.0 Å². The van der Waals surface area contributed by atoms with Gasteiger partial charge in [0, 0.05) is 19.1 Å². The Labute approximate surface area is 138 Å². The van der Waals surface area contributed by atoms with Gasteiger partial charge in [0.25, 0.3) is 0 Å². The van der Waals surface area contributed by atoms with Gasteiger partial charge in [0.05, 0.1) is 12.0 Å². The third kappa shape index (κ3) is 6.16. The van der Waals surface area contributed by atoms with Gasteiger partial charge in [0.15, 0.2) is 0 Å². The molecular weight excluding hydrogens is 298 g/mol. The number of amides is 2. The van der Waals surface area contributed by atoms with Crippen LogP contribution in [0.4, 0.5) is 0 Å². The van der Waals surface area contributed by atoms with Crippen LogP contribution >= 0.6 is 11.8 Å². The van der Waals surface area contributed by atoms with E-state index in [1.165, 1.54) is 0 Å². The highest BCUT2D eigenvalue weighted by molar-refractivity contribution is 7.98. The molecule has 3 N–H and O–H groups in total. The molecule has 0 aromatic carbocycles. The van der Waals surface area contributed by atoms with Crippen molar-refractivity contribution in [1.29, 1.82) is 0 Å². The van der Waals surface area contributed by atoms with Crippen LogP contribution in [0.25, 0.3) is 0 Å². The van der Waals surface area contributed by atoms with E-state index in [0.717, 1.165) is 38.0 Å². The van der Waals surface area contributed by atoms with Gasteiger partial charge < -0.3 is 16.0 Å². The lowest BCUT2D eigenvalue weighted by Gasteiger charge is -2.34. The number of nitrogens with two attached hydrogens (primary N) is 1. The fraction of sp³-hybridized carbons (Fsp3) is 0.875. The van der Waals surface area contributed by atoms with Crippen LogP contribution < -0.4 is 11.1 Å². The van der Waals surface area contributed by atoms with Crippen LogP contribution in [0.1, 0.15) is 46.0 Å². The molecule has 2 amide bonds. The molecule has 0 aromatic rings. The Morgan fingerprint density at radius 2 is 2.14 bits per heavy atom. The van der Waals surface area contributed by atoms with E-state index in [1.54, 1.807) is 16.7 Å². The third-order valence-corrected chi connectivity index (χ3v) is 4.81. The van der Waals surface area contributed by atoms with Gasteiger partial charge in [-0.3, -0.25) is 9.59 Å². The van der Waals surface area contributed by atoms with Gasteiger partial charge in [-0.1, -0.05) is 13.3 Å². The first kappa shape index (κ1) is 19.3. The van der Waals surface area contributed by atoms with E-state index < -0.39 is 6.04 Å². The van der Waals surface area contributed by atoms with Crippen molar-refractivity contribution in [3.8, 4) is 0 Å². The number of piperidine rings is 1. The van der Waals surface area contributed by atoms with Gasteiger partial charge in [-0.05, 0) is 44.6 Å². The summed E-state index contributed by atoms with van der Waals surface area (Å²) < 4.78 is 0. The fourth-order valence-corrected chi connectivity index (χ4v) is 3.35. The van der Waals surface area contributed by atoms with Crippen molar-refractivity contribution >= 4 is 23.6 Å². The molecule has 1 fully saturated rings. The smallest absolute Gasteiger partial charge is 0.239 e. The highest BCUT2D eigenvalue weighted by Crippen LogP contribution is 2.18. The summed E-state index contributed by atoms with van der Waals surface area (Å²) in [5, 5.41) is 3.06. The van der Waals surface area contributed by atoms with Crippen molar-refractivity contribution in [2.75, 3.05) is 25.1 Å². The molecule has 0 spiro atoms. The third-order valence-electron chi connectivity index (χ3n) is 4.16. The molecule has 0 aliphatic carbocycles. The minimum Gasteiger partial charge on any atom is -0.353 e. The van der Waals surface area contributed by atoms with Crippen molar-refractivity contribution < 1.29 is 9.59 Å². The van der Waals surface area contributed by atoms with Crippen LogP contribution in [-0.2, 0) is 9.59 Å². The van der Waals surface area contributed by atoms with E-state index >= 15 is 0 Å². The first-order valence-electron chi connectivity index (χ1n) is 8.33. The number of carbonyl (C=O) groups is 2. The average Bonchev–Trinajstić information content (AvgIpc) is 2.52. The number of nitrogens with one attached hydrogen (secondary N) is 1. The van der Waals surface area contributed by atoms with Crippen LogP contribution in [0.2, 0.25) is 0 Å². The van der Waals surface area contributed by atoms with Gasteiger partial charge in [0.1, 0.15) is 0 Å². The van der Waals surface area contributed by atoms with Crippen LogP contribution in [0.3, 0.4) is 0 Å². The average molecular weight is 330 g/mol. The standard InChI is InChI=1S/C16H31N3O2S/c1-4-6-12(2)18-15(20)13-7-5-9-19(11-13)16(21)14(17)8-10-22-3/h12-14H,4-11,17H2,1-3H3,(H,18,20)/t12?,13?,14-/m0/s1. The highest BCUT2D eigenvalue weighted by Gasteiger charge is 2.30. The number of hydrogen-bond donors (Lipinski definition) is 2. The summed E-state index contributed by atoms with van der Waals surface area (Å²) in [7, 11) is 0. The van der Waals surface area contributed by atoms with Crippen molar-refractivity contribution in [2.45, 2.75) is 58.0 Å². The molecule has 0 saturated carbocycles. The van der Waals surface area contributed by atoms with Crippen LogP contribution in [0.15, 0.2) is 0 Å². The Hall–Kier alpha value is -0.750. The van der Waals surface area contributed by atoms with E-state index in [9.17, 15) is 9.59 Å². The molecule has 1 saturated heterocycles. The van der Waals surface area contributed by atoms with E-state index in [2.05, 4.69) is 12.2 Å². The SMILES string of the molecule is CCCC(C)NC(=O)C1CCCN(C(=O)[C@@H](N)CCSC)C1. The van der Waals surface area contributed by atoms with Gasteiger partial charge in [-0.25, -0.2) is 0 Å². The summed E-state index contributed by atoms with van der Waals surface area (Å²) in [5.41, 5.74) is 5.97. The van der Waals surface area contributed by atoms with Crippen LogP contribution in [0, 0.1) is 5.92 Å². The molecule has 22 heavy (non-hydrogen) atoms. The zero-order chi connectivity index (χ0) is 16.5. The van der Waals surface area contributed by atoms with Crippen molar-refractivity contribution in [3.05, 3.63) is 0 Å². The summed E-state index contributed by atoms with van der Waals surface area (Å²) >= 11 is 1.70.